The highest BCUT2D eigenvalue weighted by Crippen LogP contribution is 2.29. The lowest BCUT2D eigenvalue weighted by molar-refractivity contribution is -0.132. The van der Waals surface area contributed by atoms with E-state index in [1.54, 1.807) is 12.1 Å². The van der Waals surface area contributed by atoms with Crippen molar-refractivity contribution in [2.24, 2.45) is 0 Å². The number of carbonyl (C=O) groups is 1. The van der Waals surface area contributed by atoms with Crippen LogP contribution in [0.1, 0.15) is 29.9 Å². The van der Waals surface area contributed by atoms with E-state index in [-0.39, 0.29) is 11.9 Å². The zero-order valence-corrected chi connectivity index (χ0v) is 15.8. The van der Waals surface area contributed by atoms with Gasteiger partial charge in [-0.3, -0.25) is 4.79 Å². The van der Waals surface area contributed by atoms with Crippen molar-refractivity contribution in [2.45, 2.75) is 38.8 Å². The van der Waals surface area contributed by atoms with E-state index >= 15 is 0 Å². The first-order chi connectivity index (χ1) is 13.1. The molecular formula is C21H20ClN3O2. The maximum Gasteiger partial charge on any atom is 0.247 e. The highest BCUT2D eigenvalue weighted by Gasteiger charge is 2.33. The standard InChI is InChI=1S/C21H20ClN3O2/c1-14-2-4-15(5-3-14)12-20(26)25(18-10-11-18)13-19-23-24-21(27-19)16-6-8-17(22)9-7-16/h2-9,18H,10-13H2,1H3. The molecule has 1 amide bonds. The fraction of sp³-hybridized carbons (Fsp3) is 0.286. The first kappa shape index (κ1) is 17.7. The van der Waals surface area contributed by atoms with Crippen LogP contribution in [0.2, 0.25) is 5.02 Å². The maximum atomic E-state index is 12.8. The molecule has 0 atom stereocenters. The summed E-state index contributed by atoms with van der Waals surface area (Å²) in [6.45, 7) is 2.38. The summed E-state index contributed by atoms with van der Waals surface area (Å²) in [6, 6.07) is 15.6. The average Bonchev–Trinajstić information content (AvgIpc) is 3.40. The highest BCUT2D eigenvalue weighted by atomic mass is 35.5. The molecule has 138 valence electrons. The van der Waals surface area contributed by atoms with E-state index < -0.39 is 0 Å². The van der Waals surface area contributed by atoms with Gasteiger partial charge in [-0.15, -0.1) is 10.2 Å². The van der Waals surface area contributed by atoms with Gasteiger partial charge in [0.05, 0.1) is 13.0 Å². The molecule has 1 aromatic heterocycles. The fourth-order valence-electron chi connectivity index (χ4n) is 2.96. The van der Waals surface area contributed by atoms with Crippen molar-refractivity contribution in [1.29, 1.82) is 0 Å². The Morgan fingerprint density at radius 2 is 1.81 bits per heavy atom. The van der Waals surface area contributed by atoms with Crippen LogP contribution in [0.3, 0.4) is 0 Å². The first-order valence-corrected chi connectivity index (χ1v) is 9.39. The highest BCUT2D eigenvalue weighted by molar-refractivity contribution is 6.30. The zero-order chi connectivity index (χ0) is 18.8. The molecule has 0 bridgehead atoms. The van der Waals surface area contributed by atoms with Crippen molar-refractivity contribution >= 4 is 17.5 Å². The molecule has 5 nitrogen and oxygen atoms in total. The smallest absolute Gasteiger partial charge is 0.247 e. The number of hydrogen-bond donors (Lipinski definition) is 0. The number of aryl methyl sites for hydroxylation is 1. The number of aromatic nitrogens is 2. The van der Waals surface area contributed by atoms with Crippen molar-refractivity contribution < 1.29 is 9.21 Å². The van der Waals surface area contributed by atoms with Gasteiger partial charge in [-0.25, -0.2) is 0 Å². The zero-order valence-electron chi connectivity index (χ0n) is 15.1. The summed E-state index contributed by atoms with van der Waals surface area (Å²) in [5, 5.41) is 8.88. The number of halogens is 1. The molecule has 1 fully saturated rings. The lowest BCUT2D eigenvalue weighted by Gasteiger charge is -2.20. The van der Waals surface area contributed by atoms with Crippen LogP contribution in [0, 0.1) is 6.92 Å². The molecule has 0 spiro atoms. The van der Waals surface area contributed by atoms with Crippen molar-refractivity contribution in [3.05, 3.63) is 70.6 Å². The second-order valence-corrected chi connectivity index (χ2v) is 7.36. The van der Waals surface area contributed by atoms with Gasteiger partial charge in [0.15, 0.2) is 0 Å². The number of carbonyl (C=O) groups excluding carboxylic acids is 1. The van der Waals surface area contributed by atoms with Gasteiger partial charge in [0, 0.05) is 16.6 Å². The molecule has 1 saturated carbocycles. The Morgan fingerprint density at radius 1 is 1.11 bits per heavy atom. The summed E-state index contributed by atoms with van der Waals surface area (Å²) in [5.74, 6) is 0.972. The van der Waals surface area contributed by atoms with Crippen LogP contribution in [0.5, 0.6) is 0 Å². The van der Waals surface area contributed by atoms with Crippen LogP contribution in [-0.2, 0) is 17.8 Å². The summed E-state index contributed by atoms with van der Waals surface area (Å²) in [4.78, 5) is 14.7. The van der Waals surface area contributed by atoms with Crippen molar-refractivity contribution in [2.75, 3.05) is 0 Å². The minimum Gasteiger partial charge on any atom is -0.419 e. The van der Waals surface area contributed by atoms with Crippen LogP contribution < -0.4 is 0 Å². The van der Waals surface area contributed by atoms with Gasteiger partial charge in [0.2, 0.25) is 17.7 Å². The van der Waals surface area contributed by atoms with Crippen molar-refractivity contribution in [3.8, 4) is 11.5 Å². The second kappa shape index (κ2) is 7.53. The molecule has 0 unspecified atom stereocenters. The number of amides is 1. The Labute approximate surface area is 163 Å². The quantitative estimate of drug-likeness (QED) is 0.633. The Hall–Kier alpha value is -2.66. The molecule has 6 heteroatoms. The molecule has 3 aromatic rings. The molecule has 4 rings (SSSR count). The van der Waals surface area contributed by atoms with E-state index in [0.717, 1.165) is 24.0 Å². The van der Waals surface area contributed by atoms with Crippen molar-refractivity contribution in [3.63, 3.8) is 0 Å². The summed E-state index contributed by atoms with van der Waals surface area (Å²) < 4.78 is 5.77. The Kier molecular flexibility index (Phi) is 4.94. The van der Waals surface area contributed by atoms with Gasteiger partial charge < -0.3 is 9.32 Å². The van der Waals surface area contributed by atoms with Gasteiger partial charge in [-0.1, -0.05) is 41.4 Å². The van der Waals surface area contributed by atoms with Crippen LogP contribution in [0.25, 0.3) is 11.5 Å². The summed E-state index contributed by atoms with van der Waals surface area (Å²) in [7, 11) is 0. The SMILES string of the molecule is Cc1ccc(CC(=O)N(Cc2nnc(-c3ccc(Cl)cc3)o2)C2CC2)cc1. The largest absolute Gasteiger partial charge is 0.419 e. The van der Waals surface area contributed by atoms with E-state index in [0.29, 0.717) is 29.8 Å². The van der Waals surface area contributed by atoms with Gasteiger partial charge in [0.1, 0.15) is 0 Å². The summed E-state index contributed by atoms with van der Waals surface area (Å²) in [6.07, 6.45) is 2.44. The monoisotopic (exact) mass is 381 g/mol. The van der Waals surface area contributed by atoms with E-state index in [1.807, 2.05) is 48.2 Å². The molecule has 27 heavy (non-hydrogen) atoms. The molecule has 0 N–H and O–H groups in total. The van der Waals surface area contributed by atoms with E-state index in [1.165, 1.54) is 5.56 Å². The molecule has 1 heterocycles. The predicted octanol–water partition coefficient (Wildman–Crippen LogP) is 4.43. The van der Waals surface area contributed by atoms with Gasteiger partial charge >= 0.3 is 0 Å². The van der Waals surface area contributed by atoms with E-state index in [2.05, 4.69) is 10.2 Å². The third kappa shape index (κ3) is 4.37. The van der Waals surface area contributed by atoms with Crippen LogP contribution in [0.15, 0.2) is 52.9 Å². The minimum atomic E-state index is 0.0904. The van der Waals surface area contributed by atoms with Gasteiger partial charge in [-0.05, 0) is 49.6 Å². The molecular weight excluding hydrogens is 362 g/mol. The number of nitrogens with zero attached hydrogens (tertiary/aromatic N) is 3. The number of hydrogen-bond acceptors (Lipinski definition) is 4. The van der Waals surface area contributed by atoms with Crippen LogP contribution >= 0.6 is 11.6 Å². The maximum absolute atomic E-state index is 12.8. The molecule has 2 aromatic carbocycles. The fourth-order valence-corrected chi connectivity index (χ4v) is 3.09. The third-order valence-corrected chi connectivity index (χ3v) is 4.90. The third-order valence-electron chi connectivity index (χ3n) is 4.65. The predicted molar refractivity (Wildman–Crippen MR) is 103 cm³/mol. The average molecular weight is 382 g/mol. The molecule has 0 saturated heterocycles. The Bertz CT molecular complexity index is 931. The molecule has 1 aliphatic carbocycles. The second-order valence-electron chi connectivity index (χ2n) is 6.92. The van der Waals surface area contributed by atoms with Crippen LogP contribution in [0.4, 0.5) is 0 Å². The van der Waals surface area contributed by atoms with Crippen molar-refractivity contribution in [1.82, 2.24) is 15.1 Å². The lowest BCUT2D eigenvalue weighted by Crippen LogP contribution is -2.33. The summed E-state index contributed by atoms with van der Waals surface area (Å²) in [5.41, 5.74) is 3.01. The summed E-state index contributed by atoms with van der Waals surface area (Å²) >= 11 is 5.91. The first-order valence-electron chi connectivity index (χ1n) is 9.02. The van der Waals surface area contributed by atoms with Crippen LogP contribution in [-0.4, -0.2) is 27.0 Å². The molecule has 0 aliphatic heterocycles. The lowest BCUT2D eigenvalue weighted by atomic mass is 10.1. The topological polar surface area (TPSA) is 59.2 Å². The van der Waals surface area contributed by atoms with E-state index in [9.17, 15) is 4.79 Å². The molecule has 1 aliphatic rings. The minimum absolute atomic E-state index is 0.0904. The van der Waals surface area contributed by atoms with Gasteiger partial charge in [-0.2, -0.15) is 0 Å². The number of rotatable bonds is 6. The molecule has 0 radical (unpaired) electrons. The van der Waals surface area contributed by atoms with Gasteiger partial charge in [0.25, 0.3) is 0 Å². The number of benzene rings is 2. The normalized spacial score (nSPS) is 13.6. The van der Waals surface area contributed by atoms with E-state index in [4.69, 9.17) is 16.0 Å². The Balaban J connectivity index is 1.46. The Morgan fingerprint density at radius 3 is 2.48 bits per heavy atom.